The Morgan fingerprint density at radius 2 is 1.10 bits per heavy atom. The van der Waals surface area contributed by atoms with E-state index in [0.29, 0.717) is 56.8 Å². The van der Waals surface area contributed by atoms with Crippen molar-refractivity contribution >= 4 is 29.6 Å². The van der Waals surface area contributed by atoms with Crippen LogP contribution in [0.5, 0.6) is 46.0 Å². The Hall–Kier alpha value is -7.07. The van der Waals surface area contributed by atoms with Crippen LogP contribution in [-0.2, 0) is 35.3 Å². The summed E-state index contributed by atoms with van der Waals surface area (Å²) in [6.07, 6.45) is -1.20. The number of esters is 1. The van der Waals surface area contributed by atoms with E-state index in [1.807, 2.05) is 0 Å². The van der Waals surface area contributed by atoms with E-state index in [0.717, 1.165) is 6.26 Å². The molecule has 16 nitrogen and oxygen atoms in total. The average Bonchev–Trinajstić information content (AvgIpc) is 3.25. The Kier molecular flexibility index (Phi) is 16.2. The highest BCUT2D eigenvalue weighted by Crippen LogP contribution is 2.38. The van der Waals surface area contributed by atoms with Crippen molar-refractivity contribution in [3.05, 3.63) is 107 Å². The third kappa shape index (κ3) is 11.5. The molecule has 0 spiro atoms. The van der Waals surface area contributed by atoms with E-state index in [2.05, 4.69) is 0 Å². The Balaban J connectivity index is 1.89. The lowest BCUT2D eigenvalue weighted by molar-refractivity contribution is -0.280. The minimum atomic E-state index is -1.55. The van der Waals surface area contributed by atoms with Crippen LogP contribution in [0.15, 0.2) is 84.6 Å². The van der Waals surface area contributed by atoms with Crippen LogP contribution in [-0.4, -0.2) is 91.1 Å². The third-order valence-electron chi connectivity index (χ3n) is 8.79. The molecule has 0 bridgehead atoms. The molecule has 0 fully saturated rings. The SMILES string of the molecule is COc1ccc(C=C(C(=O)OC(CC(=O)O)c2ccc(OC)c(OC)c2)C(=COOC(Cc2ccc(OC)c(OC)c2)C(=O)O)c2ccc(OC)c(OC)c2)cc1OC. The van der Waals surface area contributed by atoms with E-state index in [1.54, 1.807) is 66.7 Å². The lowest BCUT2D eigenvalue weighted by Crippen LogP contribution is -2.26. The minimum absolute atomic E-state index is 0.00220. The highest BCUT2D eigenvalue weighted by atomic mass is 17.2. The molecule has 16 heteroatoms. The number of methoxy groups -OCH3 is 8. The fourth-order valence-corrected chi connectivity index (χ4v) is 5.81. The van der Waals surface area contributed by atoms with Crippen molar-refractivity contribution in [2.45, 2.75) is 25.0 Å². The standard InChI is InChI=1S/C43H46O16/c1-49-31-13-9-25(18-36(31)53-5)17-29(43(48)58-35(23-41(44)45)28-12-16-34(52-4)39(22-28)56-8)30(27-11-15-33(51-3)38(21-27)55-7)24-57-59-40(42(46)47)20-26-10-14-32(50-2)37(19-26)54-6/h9-19,21-22,24,35,40H,20,23H2,1-8H3,(H,44,45)(H,46,47). The molecule has 2 atom stereocenters. The molecule has 0 saturated carbocycles. The van der Waals surface area contributed by atoms with Gasteiger partial charge in [-0.2, -0.15) is 4.89 Å². The summed E-state index contributed by atoms with van der Waals surface area (Å²) in [4.78, 5) is 50.2. The summed E-state index contributed by atoms with van der Waals surface area (Å²) in [6.45, 7) is 0. The van der Waals surface area contributed by atoms with Gasteiger partial charge in [0.25, 0.3) is 0 Å². The van der Waals surface area contributed by atoms with Crippen LogP contribution in [0.3, 0.4) is 0 Å². The number of carboxylic acid groups (broad SMARTS) is 2. The van der Waals surface area contributed by atoms with Crippen LogP contribution < -0.4 is 37.9 Å². The maximum atomic E-state index is 14.6. The second-order valence-electron chi connectivity index (χ2n) is 12.3. The molecule has 4 aromatic rings. The number of hydrogen-bond donors (Lipinski definition) is 2. The Bertz CT molecular complexity index is 2160. The number of aliphatic carboxylic acids is 2. The van der Waals surface area contributed by atoms with E-state index in [1.165, 1.54) is 69.0 Å². The maximum Gasteiger partial charge on any atom is 0.339 e. The topological polar surface area (TPSA) is 193 Å². The molecule has 0 radical (unpaired) electrons. The number of ether oxygens (including phenoxy) is 9. The van der Waals surface area contributed by atoms with Gasteiger partial charge in [0, 0.05) is 12.0 Å². The zero-order chi connectivity index (χ0) is 43.1. The van der Waals surface area contributed by atoms with Crippen LogP contribution in [0.4, 0.5) is 0 Å². The van der Waals surface area contributed by atoms with Gasteiger partial charge in [-0.15, -0.1) is 0 Å². The minimum Gasteiger partial charge on any atom is -0.493 e. The first-order chi connectivity index (χ1) is 28.4. The summed E-state index contributed by atoms with van der Waals surface area (Å²) < 4.78 is 49.3. The molecule has 0 saturated heterocycles. The molecule has 4 aromatic carbocycles. The van der Waals surface area contributed by atoms with Gasteiger partial charge in [0.05, 0.1) is 68.9 Å². The van der Waals surface area contributed by atoms with Crippen molar-refractivity contribution in [1.29, 1.82) is 0 Å². The lowest BCUT2D eigenvalue weighted by atomic mass is 9.96. The second kappa shape index (κ2) is 21.5. The van der Waals surface area contributed by atoms with E-state index in [4.69, 9.17) is 52.4 Å². The van der Waals surface area contributed by atoms with Crippen LogP contribution in [0.25, 0.3) is 11.6 Å². The summed E-state index contributed by atoms with van der Waals surface area (Å²) in [7, 11) is 11.6. The quantitative estimate of drug-likeness (QED) is 0.0215. The van der Waals surface area contributed by atoms with Crippen molar-refractivity contribution in [2.24, 2.45) is 0 Å². The number of hydrogen-bond acceptors (Lipinski definition) is 14. The highest BCUT2D eigenvalue weighted by molar-refractivity contribution is 6.10. The fourth-order valence-electron chi connectivity index (χ4n) is 5.81. The molecule has 0 aliphatic heterocycles. The fraction of sp³-hybridized carbons (Fsp3) is 0.279. The molecule has 2 unspecified atom stereocenters. The number of benzene rings is 4. The predicted octanol–water partition coefficient (Wildman–Crippen LogP) is 6.58. The molecule has 314 valence electrons. The summed E-state index contributed by atoms with van der Waals surface area (Å²) in [5.41, 5.74) is 1.35. The molecule has 0 aliphatic rings. The molecule has 0 amide bonds. The Morgan fingerprint density at radius 1 is 0.593 bits per heavy atom. The van der Waals surface area contributed by atoms with Gasteiger partial charge in [-0.3, -0.25) is 4.79 Å². The number of carboxylic acids is 2. The van der Waals surface area contributed by atoms with Crippen LogP contribution in [0.1, 0.15) is 34.8 Å². The van der Waals surface area contributed by atoms with E-state index in [-0.39, 0.29) is 29.1 Å². The van der Waals surface area contributed by atoms with Gasteiger partial charge in [-0.05, 0) is 76.9 Å². The normalized spacial score (nSPS) is 12.3. The molecule has 0 aliphatic carbocycles. The molecular weight excluding hydrogens is 772 g/mol. The molecule has 0 heterocycles. The van der Waals surface area contributed by atoms with Crippen molar-refractivity contribution in [3.63, 3.8) is 0 Å². The van der Waals surface area contributed by atoms with Gasteiger partial charge >= 0.3 is 17.9 Å². The smallest absolute Gasteiger partial charge is 0.339 e. The predicted molar refractivity (Wildman–Crippen MR) is 213 cm³/mol. The highest BCUT2D eigenvalue weighted by Gasteiger charge is 2.28. The first-order valence-electron chi connectivity index (χ1n) is 17.7. The number of rotatable bonds is 22. The van der Waals surface area contributed by atoms with E-state index >= 15 is 0 Å². The zero-order valence-electron chi connectivity index (χ0n) is 33.8. The van der Waals surface area contributed by atoms with Crippen molar-refractivity contribution in [2.75, 3.05) is 56.9 Å². The first kappa shape index (κ1) is 44.6. The molecule has 59 heavy (non-hydrogen) atoms. The lowest BCUT2D eigenvalue weighted by Gasteiger charge is -2.21. The molecule has 4 rings (SSSR count). The summed E-state index contributed by atoms with van der Waals surface area (Å²) in [5, 5.41) is 20.0. The Morgan fingerprint density at radius 3 is 1.66 bits per heavy atom. The average molecular weight is 819 g/mol. The van der Waals surface area contributed by atoms with Gasteiger partial charge in [0.15, 0.2) is 46.0 Å². The summed E-state index contributed by atoms with van der Waals surface area (Å²) >= 11 is 0. The first-order valence-corrected chi connectivity index (χ1v) is 17.7. The van der Waals surface area contributed by atoms with E-state index in [9.17, 15) is 24.6 Å². The van der Waals surface area contributed by atoms with Gasteiger partial charge < -0.3 is 57.7 Å². The molecule has 2 N–H and O–H groups in total. The van der Waals surface area contributed by atoms with Crippen LogP contribution >= 0.6 is 0 Å². The largest absolute Gasteiger partial charge is 0.493 e. The Labute approximate surface area is 340 Å². The van der Waals surface area contributed by atoms with Gasteiger partial charge in [-0.25, -0.2) is 9.59 Å². The van der Waals surface area contributed by atoms with Crippen molar-refractivity contribution in [3.8, 4) is 46.0 Å². The summed E-state index contributed by atoms with van der Waals surface area (Å²) in [6, 6.07) is 19.1. The van der Waals surface area contributed by atoms with Gasteiger partial charge in [0.1, 0.15) is 12.4 Å². The zero-order valence-corrected chi connectivity index (χ0v) is 33.8. The number of carbonyl (C=O) groups excluding carboxylic acids is 1. The van der Waals surface area contributed by atoms with Crippen molar-refractivity contribution in [1.82, 2.24) is 0 Å². The van der Waals surface area contributed by atoms with Crippen molar-refractivity contribution < 1.29 is 77.0 Å². The second-order valence-corrected chi connectivity index (χ2v) is 12.3. The van der Waals surface area contributed by atoms with Gasteiger partial charge in [0.2, 0.25) is 6.10 Å². The summed E-state index contributed by atoms with van der Waals surface area (Å²) in [5.74, 6) is -0.795. The van der Waals surface area contributed by atoms with Gasteiger partial charge in [-0.1, -0.05) is 24.3 Å². The monoisotopic (exact) mass is 818 g/mol. The number of carbonyl (C=O) groups is 3. The third-order valence-corrected chi connectivity index (χ3v) is 8.79. The molecular formula is C43H46O16. The molecule has 0 aromatic heterocycles. The van der Waals surface area contributed by atoms with E-state index < -0.39 is 36.5 Å². The maximum absolute atomic E-state index is 14.6. The van der Waals surface area contributed by atoms with Crippen LogP contribution in [0, 0.1) is 0 Å². The van der Waals surface area contributed by atoms with Crippen LogP contribution in [0.2, 0.25) is 0 Å².